The van der Waals surface area contributed by atoms with Crippen LogP contribution < -0.4 is 10.6 Å². The van der Waals surface area contributed by atoms with Crippen LogP contribution in [0.25, 0.3) is 0 Å². The molecule has 3 N–H and O–H groups in total. The van der Waals surface area contributed by atoms with Gasteiger partial charge in [0.05, 0.1) is 17.9 Å². The number of rotatable bonds is 6. The molecule has 0 aliphatic heterocycles. The molecule has 0 fully saturated rings. The fourth-order valence-electron chi connectivity index (χ4n) is 1.66. The van der Waals surface area contributed by atoms with Gasteiger partial charge in [-0.1, -0.05) is 6.92 Å². The third kappa shape index (κ3) is 3.53. The molecule has 2 rings (SSSR count). The average molecular weight is 274 g/mol. The second-order valence-corrected chi connectivity index (χ2v) is 4.42. The van der Waals surface area contributed by atoms with Crippen molar-refractivity contribution < 1.29 is 4.79 Å². The predicted octanol–water partition coefficient (Wildman–Crippen LogP) is 1.51. The van der Waals surface area contributed by atoms with Gasteiger partial charge in [0.2, 0.25) is 0 Å². The Hall–Kier alpha value is -2.44. The number of carbonyl (C=O) groups excluding carboxylic acids is 1. The zero-order chi connectivity index (χ0) is 14.4. The third-order valence-corrected chi connectivity index (χ3v) is 2.77. The summed E-state index contributed by atoms with van der Waals surface area (Å²) < 4.78 is 0. The largest absolute Gasteiger partial charge is 0.384 e. The molecule has 0 bridgehead atoms. The number of carbonyl (C=O) groups is 1. The molecule has 106 valence electrons. The van der Waals surface area contributed by atoms with E-state index >= 15 is 0 Å². The zero-order valence-electron chi connectivity index (χ0n) is 11.6. The Morgan fingerprint density at radius 3 is 2.85 bits per heavy atom. The first-order valence-electron chi connectivity index (χ1n) is 6.56. The molecule has 1 amide bonds. The predicted molar refractivity (Wildman–Crippen MR) is 75.3 cm³/mol. The fourth-order valence-corrected chi connectivity index (χ4v) is 1.66. The molecule has 0 spiro atoms. The van der Waals surface area contributed by atoms with Crippen molar-refractivity contribution in [3.63, 3.8) is 0 Å². The van der Waals surface area contributed by atoms with E-state index in [2.05, 4.69) is 37.7 Å². The molecule has 7 nitrogen and oxygen atoms in total. The highest BCUT2D eigenvalue weighted by Gasteiger charge is 2.14. The maximum absolute atomic E-state index is 12.0. The lowest BCUT2D eigenvalue weighted by atomic mass is 10.2. The van der Waals surface area contributed by atoms with Crippen LogP contribution >= 0.6 is 0 Å². The minimum Gasteiger partial charge on any atom is -0.384 e. The molecule has 0 aliphatic carbocycles. The molecule has 1 unspecified atom stereocenters. The SMILES string of the molecule is CCCNc1ccc(C(=O)NC(C)c2ncn[nH]2)nc1. The number of hydrogen-bond donors (Lipinski definition) is 3. The lowest BCUT2D eigenvalue weighted by Crippen LogP contribution is -2.28. The van der Waals surface area contributed by atoms with Gasteiger partial charge < -0.3 is 10.6 Å². The molecule has 0 radical (unpaired) electrons. The van der Waals surface area contributed by atoms with Crippen LogP contribution in [0.5, 0.6) is 0 Å². The van der Waals surface area contributed by atoms with Crippen LogP contribution in [-0.4, -0.2) is 32.6 Å². The van der Waals surface area contributed by atoms with E-state index in [1.54, 1.807) is 12.3 Å². The maximum Gasteiger partial charge on any atom is 0.270 e. The Labute approximate surface area is 117 Å². The molecule has 2 aromatic heterocycles. The van der Waals surface area contributed by atoms with Gasteiger partial charge in [0.15, 0.2) is 0 Å². The minimum atomic E-state index is -0.246. The van der Waals surface area contributed by atoms with Crippen molar-refractivity contribution in [2.24, 2.45) is 0 Å². The van der Waals surface area contributed by atoms with Crippen molar-refractivity contribution >= 4 is 11.6 Å². The van der Waals surface area contributed by atoms with E-state index in [1.807, 2.05) is 13.0 Å². The fraction of sp³-hybridized carbons (Fsp3) is 0.385. The van der Waals surface area contributed by atoms with Gasteiger partial charge in [-0.2, -0.15) is 5.10 Å². The monoisotopic (exact) mass is 274 g/mol. The summed E-state index contributed by atoms with van der Waals surface area (Å²) in [5, 5.41) is 12.5. The number of amides is 1. The first-order chi connectivity index (χ1) is 9.70. The van der Waals surface area contributed by atoms with E-state index in [9.17, 15) is 4.79 Å². The molecule has 7 heteroatoms. The van der Waals surface area contributed by atoms with E-state index in [0.717, 1.165) is 18.7 Å². The van der Waals surface area contributed by atoms with Crippen LogP contribution in [0.2, 0.25) is 0 Å². The molecule has 0 aromatic carbocycles. The highest BCUT2D eigenvalue weighted by atomic mass is 16.1. The molecular weight excluding hydrogens is 256 g/mol. The van der Waals surface area contributed by atoms with E-state index in [4.69, 9.17) is 0 Å². The molecule has 20 heavy (non-hydrogen) atoms. The third-order valence-electron chi connectivity index (χ3n) is 2.77. The van der Waals surface area contributed by atoms with E-state index in [0.29, 0.717) is 11.5 Å². The number of anilines is 1. The standard InChI is InChI=1S/C13H18N6O/c1-3-6-14-10-4-5-11(15-7-10)13(20)18-9(2)12-16-8-17-19-12/h4-5,7-9,14H,3,6H2,1-2H3,(H,18,20)(H,16,17,19). The first kappa shape index (κ1) is 14.0. The lowest BCUT2D eigenvalue weighted by molar-refractivity contribution is 0.0933. The van der Waals surface area contributed by atoms with Crippen LogP contribution in [0.3, 0.4) is 0 Å². The molecule has 1 atom stereocenters. The van der Waals surface area contributed by atoms with Gasteiger partial charge in [0.25, 0.3) is 5.91 Å². The van der Waals surface area contributed by atoms with E-state index < -0.39 is 0 Å². The van der Waals surface area contributed by atoms with Crippen LogP contribution in [0.1, 0.15) is 42.6 Å². The van der Waals surface area contributed by atoms with Crippen molar-refractivity contribution in [3.8, 4) is 0 Å². The number of aromatic amines is 1. The van der Waals surface area contributed by atoms with Crippen molar-refractivity contribution in [2.75, 3.05) is 11.9 Å². The number of H-pyrrole nitrogens is 1. The smallest absolute Gasteiger partial charge is 0.270 e. The molecular formula is C13H18N6O. The summed E-state index contributed by atoms with van der Waals surface area (Å²) in [6.45, 7) is 4.80. The van der Waals surface area contributed by atoms with E-state index in [-0.39, 0.29) is 11.9 Å². The van der Waals surface area contributed by atoms with Gasteiger partial charge in [-0.25, -0.2) is 9.97 Å². The van der Waals surface area contributed by atoms with Gasteiger partial charge in [-0.05, 0) is 25.5 Å². The van der Waals surface area contributed by atoms with Crippen molar-refractivity contribution in [3.05, 3.63) is 36.2 Å². The van der Waals surface area contributed by atoms with Gasteiger partial charge in [0, 0.05) is 6.54 Å². The Bertz CT molecular complexity index is 536. The summed E-state index contributed by atoms with van der Waals surface area (Å²) in [4.78, 5) is 20.2. The first-order valence-corrected chi connectivity index (χ1v) is 6.56. The van der Waals surface area contributed by atoms with Crippen LogP contribution in [0.15, 0.2) is 24.7 Å². The molecule has 0 aliphatic rings. The second-order valence-electron chi connectivity index (χ2n) is 4.42. The topological polar surface area (TPSA) is 95.6 Å². The van der Waals surface area contributed by atoms with Crippen molar-refractivity contribution in [1.29, 1.82) is 0 Å². The number of hydrogen-bond acceptors (Lipinski definition) is 5. The van der Waals surface area contributed by atoms with Gasteiger partial charge in [-0.3, -0.25) is 9.89 Å². The average Bonchev–Trinajstić information content (AvgIpc) is 3.00. The molecule has 0 saturated carbocycles. The molecule has 2 heterocycles. The Balaban J connectivity index is 1.95. The summed E-state index contributed by atoms with van der Waals surface area (Å²) in [6.07, 6.45) is 4.10. The lowest BCUT2D eigenvalue weighted by Gasteiger charge is -2.11. The van der Waals surface area contributed by atoms with Gasteiger partial charge >= 0.3 is 0 Å². The summed E-state index contributed by atoms with van der Waals surface area (Å²) in [6, 6.07) is 3.29. The summed E-state index contributed by atoms with van der Waals surface area (Å²) >= 11 is 0. The highest BCUT2D eigenvalue weighted by Crippen LogP contribution is 2.09. The minimum absolute atomic E-state index is 0.240. The number of aromatic nitrogens is 4. The normalized spacial score (nSPS) is 11.9. The second kappa shape index (κ2) is 6.65. The quantitative estimate of drug-likeness (QED) is 0.742. The van der Waals surface area contributed by atoms with Crippen LogP contribution in [-0.2, 0) is 0 Å². The summed E-state index contributed by atoms with van der Waals surface area (Å²) in [5.74, 6) is 0.371. The summed E-state index contributed by atoms with van der Waals surface area (Å²) in [7, 11) is 0. The number of nitrogens with one attached hydrogen (secondary N) is 3. The Kier molecular flexibility index (Phi) is 4.65. The van der Waals surface area contributed by atoms with Gasteiger partial charge in [-0.15, -0.1) is 0 Å². The van der Waals surface area contributed by atoms with Crippen molar-refractivity contribution in [2.45, 2.75) is 26.3 Å². The molecule has 0 saturated heterocycles. The van der Waals surface area contributed by atoms with E-state index in [1.165, 1.54) is 6.33 Å². The Morgan fingerprint density at radius 2 is 2.25 bits per heavy atom. The number of pyridine rings is 1. The van der Waals surface area contributed by atoms with Gasteiger partial charge in [0.1, 0.15) is 17.8 Å². The maximum atomic E-state index is 12.0. The van der Waals surface area contributed by atoms with Crippen LogP contribution in [0, 0.1) is 0 Å². The zero-order valence-corrected chi connectivity index (χ0v) is 11.6. The highest BCUT2D eigenvalue weighted by molar-refractivity contribution is 5.92. The summed E-state index contributed by atoms with van der Waals surface area (Å²) in [5.41, 5.74) is 1.28. The molecule has 2 aromatic rings. The Morgan fingerprint density at radius 1 is 1.40 bits per heavy atom. The number of nitrogens with zero attached hydrogens (tertiary/aromatic N) is 3. The van der Waals surface area contributed by atoms with Crippen molar-refractivity contribution in [1.82, 2.24) is 25.5 Å². The van der Waals surface area contributed by atoms with Crippen LogP contribution in [0.4, 0.5) is 5.69 Å².